The third kappa shape index (κ3) is 3.13. The molecule has 0 spiro atoms. The Hall–Kier alpha value is -1.29. The van der Waals surface area contributed by atoms with E-state index in [1.54, 1.807) is 6.92 Å². The molecule has 2 nitrogen and oxygen atoms in total. The molecule has 0 aliphatic rings. The van der Waals surface area contributed by atoms with Crippen molar-refractivity contribution in [2.45, 2.75) is 33.8 Å². The van der Waals surface area contributed by atoms with Gasteiger partial charge in [0, 0.05) is 6.61 Å². The van der Waals surface area contributed by atoms with Gasteiger partial charge in [-0.25, -0.2) is 8.78 Å². The fraction of sp³-hybridized carbons (Fsp3) is 0.500. The lowest BCUT2D eigenvalue weighted by molar-refractivity contribution is -0.000533. The summed E-state index contributed by atoms with van der Waals surface area (Å²) in [6.45, 7) is 7.56. The van der Waals surface area contributed by atoms with Crippen LogP contribution in [0.5, 0.6) is 0 Å². The van der Waals surface area contributed by atoms with Crippen molar-refractivity contribution >= 4 is 5.78 Å². The minimum atomic E-state index is -1.11. The molecule has 1 atom stereocenters. The molecule has 0 N–H and O–H groups in total. The normalized spacial score (nSPS) is 13.4. The molecule has 0 aliphatic heterocycles. The summed E-state index contributed by atoms with van der Waals surface area (Å²) in [4.78, 5) is 12.2. The largest absolute Gasteiger partial charge is 0.370 e. The van der Waals surface area contributed by atoms with E-state index in [4.69, 9.17) is 4.74 Å². The molecular formula is C14H18F2O2. The number of ether oxygens (including phenoxy) is 1. The summed E-state index contributed by atoms with van der Waals surface area (Å²) < 4.78 is 32.1. The Morgan fingerprint density at radius 1 is 1.33 bits per heavy atom. The van der Waals surface area contributed by atoms with E-state index in [1.807, 2.05) is 20.8 Å². The highest BCUT2D eigenvalue weighted by atomic mass is 19.2. The van der Waals surface area contributed by atoms with Crippen molar-refractivity contribution in [3.63, 3.8) is 0 Å². The number of hydrogen-bond acceptors (Lipinski definition) is 2. The van der Waals surface area contributed by atoms with Crippen LogP contribution in [0.15, 0.2) is 18.2 Å². The molecule has 1 unspecified atom stereocenters. The van der Waals surface area contributed by atoms with Crippen LogP contribution in [0.4, 0.5) is 8.78 Å². The average molecular weight is 256 g/mol. The van der Waals surface area contributed by atoms with E-state index in [-0.39, 0.29) is 5.56 Å². The molecule has 0 radical (unpaired) electrons. The maximum Gasteiger partial charge on any atom is 0.195 e. The lowest BCUT2D eigenvalue weighted by Crippen LogP contribution is -2.37. The number of ketones is 1. The molecular weight excluding hydrogens is 238 g/mol. The van der Waals surface area contributed by atoms with Crippen LogP contribution in [0, 0.1) is 17.0 Å². The van der Waals surface area contributed by atoms with Crippen LogP contribution in [-0.2, 0) is 4.74 Å². The van der Waals surface area contributed by atoms with Crippen molar-refractivity contribution in [1.29, 1.82) is 0 Å². The van der Waals surface area contributed by atoms with Gasteiger partial charge in [-0.2, -0.15) is 0 Å². The predicted octanol–water partition coefficient (Wildman–Crippen LogP) is 3.60. The highest BCUT2D eigenvalue weighted by molar-refractivity contribution is 6.00. The van der Waals surface area contributed by atoms with Gasteiger partial charge in [0.1, 0.15) is 6.10 Å². The fourth-order valence-corrected chi connectivity index (χ4v) is 1.72. The van der Waals surface area contributed by atoms with Gasteiger partial charge < -0.3 is 4.74 Å². The molecule has 0 aromatic heterocycles. The van der Waals surface area contributed by atoms with Crippen LogP contribution in [-0.4, -0.2) is 18.5 Å². The number of benzene rings is 1. The Labute approximate surface area is 106 Å². The zero-order valence-electron chi connectivity index (χ0n) is 11.1. The van der Waals surface area contributed by atoms with E-state index < -0.39 is 28.9 Å². The van der Waals surface area contributed by atoms with Crippen LogP contribution in [0.3, 0.4) is 0 Å². The molecule has 0 bridgehead atoms. The van der Waals surface area contributed by atoms with Gasteiger partial charge in [0.05, 0.1) is 5.56 Å². The van der Waals surface area contributed by atoms with E-state index in [9.17, 15) is 13.6 Å². The molecule has 0 saturated heterocycles. The van der Waals surface area contributed by atoms with Crippen molar-refractivity contribution in [2.24, 2.45) is 5.41 Å². The first-order valence-corrected chi connectivity index (χ1v) is 5.88. The zero-order chi connectivity index (χ0) is 13.9. The Balaban J connectivity index is 3.14. The van der Waals surface area contributed by atoms with Crippen molar-refractivity contribution in [2.75, 3.05) is 6.61 Å². The fourth-order valence-electron chi connectivity index (χ4n) is 1.72. The van der Waals surface area contributed by atoms with E-state index >= 15 is 0 Å². The molecule has 1 aromatic carbocycles. The minimum absolute atomic E-state index is 0.261. The SMILES string of the molecule is CCOC(C(=O)c1cccc(F)c1F)C(C)(C)C. The van der Waals surface area contributed by atoms with E-state index in [1.165, 1.54) is 12.1 Å². The highest BCUT2D eigenvalue weighted by Gasteiger charge is 2.34. The number of carbonyl (C=O) groups is 1. The van der Waals surface area contributed by atoms with Crippen molar-refractivity contribution in [3.8, 4) is 0 Å². The summed E-state index contributed by atoms with van der Waals surface area (Å²) in [5.41, 5.74) is -0.741. The zero-order valence-corrected chi connectivity index (χ0v) is 11.1. The molecule has 0 aliphatic carbocycles. The van der Waals surface area contributed by atoms with E-state index in [2.05, 4.69) is 0 Å². The van der Waals surface area contributed by atoms with Gasteiger partial charge in [-0.05, 0) is 24.5 Å². The number of carbonyl (C=O) groups excluding carboxylic acids is 1. The second-order valence-corrected chi connectivity index (χ2v) is 5.17. The monoisotopic (exact) mass is 256 g/mol. The summed E-state index contributed by atoms with van der Waals surface area (Å²) in [7, 11) is 0. The Morgan fingerprint density at radius 3 is 2.44 bits per heavy atom. The number of hydrogen-bond donors (Lipinski definition) is 0. The average Bonchev–Trinajstić information content (AvgIpc) is 2.27. The summed E-state index contributed by atoms with van der Waals surface area (Å²) >= 11 is 0. The smallest absolute Gasteiger partial charge is 0.195 e. The third-order valence-electron chi connectivity index (χ3n) is 2.58. The van der Waals surface area contributed by atoms with Crippen LogP contribution in [0.2, 0.25) is 0 Å². The van der Waals surface area contributed by atoms with Gasteiger partial charge in [-0.1, -0.05) is 26.8 Å². The molecule has 0 heterocycles. The van der Waals surface area contributed by atoms with Crippen molar-refractivity contribution < 1.29 is 18.3 Å². The summed E-state index contributed by atoms with van der Waals surface area (Å²) in [6, 6.07) is 3.58. The maximum absolute atomic E-state index is 13.6. The van der Waals surface area contributed by atoms with Crippen LogP contribution >= 0.6 is 0 Å². The van der Waals surface area contributed by atoms with Gasteiger partial charge in [0.2, 0.25) is 0 Å². The molecule has 0 fully saturated rings. The Morgan fingerprint density at radius 2 is 1.94 bits per heavy atom. The summed E-state index contributed by atoms with van der Waals surface area (Å²) in [5, 5.41) is 0. The molecule has 1 rings (SSSR count). The molecule has 1 aromatic rings. The van der Waals surface area contributed by atoms with Crippen LogP contribution in [0.1, 0.15) is 38.1 Å². The molecule has 100 valence electrons. The Kier molecular flexibility index (Phi) is 4.57. The van der Waals surface area contributed by atoms with Gasteiger partial charge in [0.15, 0.2) is 17.4 Å². The van der Waals surface area contributed by atoms with Crippen molar-refractivity contribution in [1.82, 2.24) is 0 Å². The number of rotatable bonds is 4. The second-order valence-electron chi connectivity index (χ2n) is 5.17. The lowest BCUT2D eigenvalue weighted by Gasteiger charge is -2.29. The van der Waals surface area contributed by atoms with E-state index in [0.29, 0.717) is 6.61 Å². The first kappa shape index (κ1) is 14.8. The molecule has 4 heteroatoms. The standard InChI is InChI=1S/C14H18F2O2/c1-5-18-13(14(2,3)4)12(17)9-7-6-8-10(15)11(9)16/h6-8,13H,5H2,1-4H3. The topological polar surface area (TPSA) is 26.3 Å². The minimum Gasteiger partial charge on any atom is -0.370 e. The third-order valence-corrected chi connectivity index (χ3v) is 2.58. The molecule has 0 saturated carbocycles. The second kappa shape index (κ2) is 5.57. The quantitative estimate of drug-likeness (QED) is 0.769. The predicted molar refractivity (Wildman–Crippen MR) is 65.6 cm³/mol. The van der Waals surface area contributed by atoms with Gasteiger partial charge in [-0.15, -0.1) is 0 Å². The summed E-state index contributed by atoms with van der Waals surface area (Å²) in [6.07, 6.45) is -0.793. The number of Topliss-reactive ketones (excluding diaryl/α,β-unsaturated/α-hetero) is 1. The molecule has 0 amide bonds. The summed E-state index contributed by atoms with van der Waals surface area (Å²) in [5.74, 6) is -2.66. The van der Waals surface area contributed by atoms with Gasteiger partial charge >= 0.3 is 0 Å². The van der Waals surface area contributed by atoms with Gasteiger partial charge in [0.25, 0.3) is 0 Å². The van der Waals surface area contributed by atoms with Crippen LogP contribution in [0.25, 0.3) is 0 Å². The maximum atomic E-state index is 13.6. The first-order chi connectivity index (χ1) is 8.29. The highest BCUT2D eigenvalue weighted by Crippen LogP contribution is 2.27. The van der Waals surface area contributed by atoms with Crippen molar-refractivity contribution in [3.05, 3.63) is 35.4 Å². The number of halogens is 2. The molecule has 18 heavy (non-hydrogen) atoms. The van der Waals surface area contributed by atoms with Crippen LogP contribution < -0.4 is 0 Å². The van der Waals surface area contributed by atoms with Gasteiger partial charge in [-0.3, -0.25) is 4.79 Å². The lowest BCUT2D eigenvalue weighted by atomic mass is 9.84. The Bertz CT molecular complexity index is 436. The van der Waals surface area contributed by atoms with E-state index in [0.717, 1.165) is 6.07 Å². The first-order valence-electron chi connectivity index (χ1n) is 5.88.